The molecule has 9 heteroatoms. The minimum Gasteiger partial charge on any atom is -0.481 e. The first-order valence-electron chi connectivity index (χ1n) is 6.44. The average molecular weight is 317 g/mol. The van der Waals surface area contributed by atoms with Crippen LogP contribution in [0.4, 0.5) is 23.8 Å². The lowest BCUT2D eigenvalue weighted by molar-refractivity contribution is -0.147. The summed E-state index contributed by atoms with van der Waals surface area (Å²) >= 11 is 0. The number of carboxylic acid groups (broad SMARTS) is 1. The van der Waals surface area contributed by atoms with Gasteiger partial charge in [-0.1, -0.05) is 0 Å². The topological polar surface area (TPSA) is 82.5 Å². The van der Waals surface area contributed by atoms with E-state index in [1.54, 1.807) is 0 Å². The first-order valence-corrected chi connectivity index (χ1v) is 6.44. The summed E-state index contributed by atoms with van der Waals surface area (Å²) in [5.41, 5.74) is -1.96. The van der Waals surface area contributed by atoms with Crippen molar-refractivity contribution in [1.82, 2.24) is 9.88 Å². The van der Waals surface area contributed by atoms with Gasteiger partial charge in [0.25, 0.3) is 0 Å². The second-order valence-electron chi connectivity index (χ2n) is 5.40. The lowest BCUT2D eigenvalue weighted by Crippen LogP contribution is -2.37. The first kappa shape index (κ1) is 16.1. The molecule has 0 spiro atoms. The summed E-state index contributed by atoms with van der Waals surface area (Å²) in [7, 11) is 0. The molecule has 1 saturated heterocycles. The normalized spacial score (nSPS) is 21.7. The number of likely N-dealkylation sites (tertiary alicyclic amines) is 1. The lowest BCUT2D eigenvalue weighted by atomic mass is 9.90. The second kappa shape index (κ2) is 5.47. The number of urea groups is 1. The van der Waals surface area contributed by atoms with E-state index < -0.39 is 29.2 Å². The van der Waals surface area contributed by atoms with E-state index in [0.717, 1.165) is 18.3 Å². The monoisotopic (exact) mass is 317 g/mol. The molecule has 0 bridgehead atoms. The van der Waals surface area contributed by atoms with Gasteiger partial charge in [0.2, 0.25) is 0 Å². The zero-order chi connectivity index (χ0) is 16.5. The molecule has 1 fully saturated rings. The van der Waals surface area contributed by atoms with Gasteiger partial charge in [0.15, 0.2) is 0 Å². The maximum atomic E-state index is 12.6. The standard InChI is InChI=1S/C13H14F3N3O3/c1-12(10(20)21)3-5-19(7-12)11(22)18-9-6-8(2-4-17-9)13(14,15)16/h2,4,6H,3,5,7H2,1H3,(H,20,21)(H,17,18,22). The molecule has 0 saturated carbocycles. The molecule has 1 unspecified atom stereocenters. The molecule has 120 valence electrons. The Hall–Kier alpha value is -2.32. The van der Waals surface area contributed by atoms with E-state index >= 15 is 0 Å². The van der Waals surface area contributed by atoms with Crippen LogP contribution in [0.3, 0.4) is 0 Å². The predicted molar refractivity (Wildman–Crippen MR) is 70.2 cm³/mol. The molecule has 1 aromatic rings. The van der Waals surface area contributed by atoms with E-state index in [0.29, 0.717) is 0 Å². The number of aliphatic carboxylic acids is 1. The number of pyridine rings is 1. The second-order valence-corrected chi connectivity index (χ2v) is 5.40. The molecule has 1 aliphatic heterocycles. The van der Waals surface area contributed by atoms with Crippen molar-refractivity contribution in [2.45, 2.75) is 19.5 Å². The zero-order valence-corrected chi connectivity index (χ0v) is 11.6. The van der Waals surface area contributed by atoms with E-state index in [9.17, 15) is 22.8 Å². The van der Waals surface area contributed by atoms with Gasteiger partial charge in [0, 0.05) is 19.3 Å². The number of carbonyl (C=O) groups is 2. The molecule has 1 aromatic heterocycles. The molecule has 0 radical (unpaired) electrons. The SMILES string of the molecule is CC1(C(=O)O)CCN(C(=O)Nc2cc(C(F)(F)F)ccn2)C1. The fourth-order valence-corrected chi connectivity index (χ4v) is 2.17. The van der Waals surface area contributed by atoms with Crippen LogP contribution in [0.15, 0.2) is 18.3 Å². The number of hydrogen-bond acceptors (Lipinski definition) is 3. The molecule has 0 aliphatic carbocycles. The van der Waals surface area contributed by atoms with Crippen LogP contribution in [-0.2, 0) is 11.0 Å². The van der Waals surface area contributed by atoms with Crippen LogP contribution in [-0.4, -0.2) is 40.1 Å². The Bertz CT molecular complexity index is 606. The summed E-state index contributed by atoms with van der Waals surface area (Å²) in [6, 6.07) is 0.856. The van der Waals surface area contributed by atoms with E-state index in [-0.39, 0.29) is 25.3 Å². The van der Waals surface area contributed by atoms with Crippen molar-refractivity contribution in [3.63, 3.8) is 0 Å². The Morgan fingerprint density at radius 2 is 2.14 bits per heavy atom. The molecular formula is C13H14F3N3O3. The molecule has 6 nitrogen and oxygen atoms in total. The van der Waals surface area contributed by atoms with Gasteiger partial charge >= 0.3 is 18.2 Å². The average Bonchev–Trinajstić information content (AvgIpc) is 2.82. The minimum absolute atomic E-state index is 0.00682. The third-order valence-corrected chi connectivity index (χ3v) is 3.60. The van der Waals surface area contributed by atoms with Crippen LogP contribution in [0.5, 0.6) is 0 Å². The number of aromatic nitrogens is 1. The van der Waals surface area contributed by atoms with Crippen molar-refractivity contribution < 1.29 is 27.9 Å². The lowest BCUT2D eigenvalue weighted by Gasteiger charge is -2.20. The third kappa shape index (κ3) is 3.29. The van der Waals surface area contributed by atoms with Gasteiger partial charge in [-0.3, -0.25) is 10.1 Å². The van der Waals surface area contributed by atoms with E-state index in [2.05, 4.69) is 10.3 Å². The van der Waals surface area contributed by atoms with Crippen LogP contribution in [0.25, 0.3) is 0 Å². The van der Waals surface area contributed by atoms with Crippen molar-refractivity contribution in [2.24, 2.45) is 5.41 Å². The molecule has 2 rings (SSSR count). The van der Waals surface area contributed by atoms with Gasteiger partial charge in [-0.25, -0.2) is 9.78 Å². The fraction of sp³-hybridized carbons (Fsp3) is 0.462. The molecule has 22 heavy (non-hydrogen) atoms. The maximum Gasteiger partial charge on any atom is 0.416 e. The van der Waals surface area contributed by atoms with Gasteiger partial charge in [0.05, 0.1) is 11.0 Å². The number of alkyl halides is 3. The molecule has 0 aromatic carbocycles. The van der Waals surface area contributed by atoms with Crippen molar-refractivity contribution in [3.05, 3.63) is 23.9 Å². The summed E-state index contributed by atoms with van der Waals surface area (Å²) < 4.78 is 37.7. The van der Waals surface area contributed by atoms with Crippen LogP contribution in [0.2, 0.25) is 0 Å². The van der Waals surface area contributed by atoms with E-state index in [1.807, 2.05) is 0 Å². The Labute approximate surface area is 123 Å². The zero-order valence-electron chi connectivity index (χ0n) is 11.6. The van der Waals surface area contributed by atoms with Crippen molar-refractivity contribution in [1.29, 1.82) is 0 Å². The highest BCUT2D eigenvalue weighted by molar-refractivity contribution is 5.89. The van der Waals surface area contributed by atoms with Crippen LogP contribution in [0, 0.1) is 5.41 Å². The van der Waals surface area contributed by atoms with Crippen molar-refractivity contribution >= 4 is 17.8 Å². The molecule has 1 atom stereocenters. The smallest absolute Gasteiger partial charge is 0.416 e. The Morgan fingerprint density at radius 3 is 2.68 bits per heavy atom. The number of nitrogens with one attached hydrogen (secondary N) is 1. The molecule has 2 heterocycles. The quantitative estimate of drug-likeness (QED) is 0.877. The van der Waals surface area contributed by atoms with Crippen molar-refractivity contribution in [2.75, 3.05) is 18.4 Å². The number of carbonyl (C=O) groups excluding carboxylic acids is 1. The highest BCUT2D eigenvalue weighted by atomic mass is 19.4. The number of nitrogens with zero attached hydrogens (tertiary/aromatic N) is 2. The third-order valence-electron chi connectivity index (χ3n) is 3.60. The summed E-state index contributed by atoms with van der Waals surface area (Å²) in [5.74, 6) is -1.25. The molecule has 1 aliphatic rings. The summed E-state index contributed by atoms with van der Waals surface area (Å²) in [5, 5.41) is 11.3. The summed E-state index contributed by atoms with van der Waals surface area (Å²) in [6.45, 7) is 1.73. The van der Waals surface area contributed by atoms with Crippen LogP contribution < -0.4 is 5.32 Å². The van der Waals surface area contributed by atoms with Crippen molar-refractivity contribution in [3.8, 4) is 0 Å². The number of anilines is 1. The largest absolute Gasteiger partial charge is 0.481 e. The van der Waals surface area contributed by atoms with Gasteiger partial charge in [0.1, 0.15) is 5.82 Å². The van der Waals surface area contributed by atoms with Gasteiger partial charge in [-0.2, -0.15) is 13.2 Å². The highest BCUT2D eigenvalue weighted by Gasteiger charge is 2.42. The predicted octanol–water partition coefficient (Wildman–Crippen LogP) is 2.43. The minimum atomic E-state index is -4.53. The Balaban J connectivity index is 2.06. The Kier molecular flexibility index (Phi) is 3.99. The number of hydrogen-bond donors (Lipinski definition) is 2. The molecular weight excluding hydrogens is 303 g/mol. The van der Waals surface area contributed by atoms with Gasteiger partial charge < -0.3 is 10.0 Å². The van der Waals surface area contributed by atoms with E-state index in [1.165, 1.54) is 11.8 Å². The van der Waals surface area contributed by atoms with Crippen LogP contribution >= 0.6 is 0 Å². The van der Waals surface area contributed by atoms with Crippen LogP contribution in [0.1, 0.15) is 18.9 Å². The number of carboxylic acids is 1. The maximum absolute atomic E-state index is 12.6. The first-order chi connectivity index (χ1) is 10.1. The summed E-state index contributed by atoms with van der Waals surface area (Å²) in [6.07, 6.45) is -3.30. The van der Waals surface area contributed by atoms with Gasteiger partial charge in [-0.15, -0.1) is 0 Å². The molecule has 2 amide bonds. The number of halogens is 3. The molecule has 2 N–H and O–H groups in total. The highest BCUT2D eigenvalue weighted by Crippen LogP contribution is 2.31. The number of amides is 2. The number of rotatable bonds is 2. The van der Waals surface area contributed by atoms with E-state index in [4.69, 9.17) is 5.11 Å². The summed E-state index contributed by atoms with van der Waals surface area (Å²) in [4.78, 5) is 28.0. The van der Waals surface area contributed by atoms with Gasteiger partial charge in [-0.05, 0) is 25.5 Å². The fourth-order valence-electron chi connectivity index (χ4n) is 2.17. The Morgan fingerprint density at radius 1 is 1.45 bits per heavy atom.